The molecule has 0 saturated carbocycles. The van der Waals surface area contributed by atoms with Gasteiger partial charge in [0.05, 0.1) is 0 Å². The number of rotatable bonds is 2. The van der Waals surface area contributed by atoms with Gasteiger partial charge in [0.15, 0.2) is 0 Å². The molecule has 0 N–H and O–H groups in total. The molecule has 13 heavy (non-hydrogen) atoms. The Morgan fingerprint density at radius 1 is 1.46 bits per heavy atom. The number of fused-ring (bicyclic) bond motifs is 2. The Kier molecular flexibility index (Phi) is 2.60. The van der Waals surface area contributed by atoms with Crippen LogP contribution in [0.2, 0.25) is 0 Å². The van der Waals surface area contributed by atoms with E-state index in [2.05, 4.69) is 26.0 Å². The molecule has 0 aromatic rings. The average Bonchev–Trinajstić information content (AvgIpc) is 2.44. The van der Waals surface area contributed by atoms with Crippen molar-refractivity contribution in [1.29, 1.82) is 0 Å². The number of piperidine rings is 1. The molecule has 4 heteroatoms. The summed E-state index contributed by atoms with van der Waals surface area (Å²) < 4.78 is 1.00. The van der Waals surface area contributed by atoms with Crippen LogP contribution < -0.4 is 0 Å². The molecule has 2 heterocycles. The van der Waals surface area contributed by atoms with E-state index < -0.39 is 0 Å². The van der Waals surface area contributed by atoms with Gasteiger partial charge < -0.3 is 9.74 Å². The molecule has 0 aromatic carbocycles. The zero-order valence-electron chi connectivity index (χ0n) is 7.92. The van der Waals surface area contributed by atoms with Gasteiger partial charge >= 0.3 is 0 Å². The SMILES string of the molecule is CON=C(Br)C12CCCN(CC1)C2. The fourth-order valence-electron chi connectivity index (χ4n) is 2.44. The van der Waals surface area contributed by atoms with Crippen LogP contribution in [0.15, 0.2) is 5.16 Å². The number of nitrogens with zero attached hydrogens (tertiary/aromatic N) is 2. The van der Waals surface area contributed by atoms with Crippen molar-refractivity contribution in [3.63, 3.8) is 0 Å². The molecule has 0 aromatic heterocycles. The van der Waals surface area contributed by atoms with Crippen LogP contribution in [0.3, 0.4) is 0 Å². The first-order valence-electron chi connectivity index (χ1n) is 4.76. The maximum absolute atomic E-state index is 4.82. The Morgan fingerprint density at radius 3 is 3.08 bits per heavy atom. The van der Waals surface area contributed by atoms with Crippen LogP contribution in [0.1, 0.15) is 19.3 Å². The Morgan fingerprint density at radius 2 is 2.31 bits per heavy atom. The first-order valence-corrected chi connectivity index (χ1v) is 5.56. The van der Waals surface area contributed by atoms with Gasteiger partial charge in [-0.1, -0.05) is 5.16 Å². The van der Waals surface area contributed by atoms with Gasteiger partial charge in [0.25, 0.3) is 0 Å². The molecule has 2 aliphatic rings. The van der Waals surface area contributed by atoms with Crippen molar-refractivity contribution in [2.45, 2.75) is 19.3 Å². The van der Waals surface area contributed by atoms with Crippen molar-refractivity contribution >= 4 is 20.6 Å². The second-order valence-electron chi connectivity index (χ2n) is 3.97. The summed E-state index contributed by atoms with van der Waals surface area (Å²) in [6, 6.07) is 0. The Hall–Kier alpha value is -0.0900. The first kappa shape index (κ1) is 9.46. The molecule has 2 fully saturated rings. The lowest BCUT2D eigenvalue weighted by Crippen LogP contribution is -2.37. The van der Waals surface area contributed by atoms with Crippen molar-refractivity contribution in [3.05, 3.63) is 0 Å². The maximum Gasteiger partial charge on any atom is 0.130 e. The predicted octanol–water partition coefficient (Wildman–Crippen LogP) is 1.83. The average molecular weight is 247 g/mol. The highest BCUT2D eigenvalue weighted by Gasteiger charge is 2.44. The van der Waals surface area contributed by atoms with Gasteiger partial charge in [-0.15, -0.1) is 0 Å². The summed E-state index contributed by atoms with van der Waals surface area (Å²) in [6.45, 7) is 3.63. The number of hydrogen-bond donors (Lipinski definition) is 0. The van der Waals surface area contributed by atoms with Gasteiger partial charge in [-0.25, -0.2) is 0 Å². The monoisotopic (exact) mass is 246 g/mol. The summed E-state index contributed by atoms with van der Waals surface area (Å²) in [4.78, 5) is 7.33. The minimum absolute atomic E-state index is 0.272. The van der Waals surface area contributed by atoms with Crippen LogP contribution in [0.4, 0.5) is 0 Å². The zero-order chi connectivity index (χ0) is 9.31. The molecule has 2 aliphatic heterocycles. The third-order valence-corrected chi connectivity index (χ3v) is 4.16. The quantitative estimate of drug-likeness (QED) is 0.549. The smallest absolute Gasteiger partial charge is 0.130 e. The second-order valence-corrected chi connectivity index (χ2v) is 4.73. The van der Waals surface area contributed by atoms with E-state index in [0.717, 1.165) is 11.2 Å². The lowest BCUT2D eigenvalue weighted by atomic mass is 9.82. The molecular formula is C9H15BrN2O. The summed E-state index contributed by atoms with van der Waals surface area (Å²) in [7, 11) is 1.60. The fourth-order valence-corrected chi connectivity index (χ4v) is 3.11. The van der Waals surface area contributed by atoms with Crippen LogP contribution >= 0.6 is 15.9 Å². The van der Waals surface area contributed by atoms with E-state index >= 15 is 0 Å². The lowest BCUT2D eigenvalue weighted by Gasteiger charge is -2.32. The molecule has 2 rings (SSSR count). The lowest BCUT2D eigenvalue weighted by molar-refractivity contribution is 0.199. The molecule has 0 aliphatic carbocycles. The van der Waals surface area contributed by atoms with E-state index in [-0.39, 0.29) is 5.41 Å². The van der Waals surface area contributed by atoms with Crippen LogP contribution in [-0.4, -0.2) is 36.3 Å². The van der Waals surface area contributed by atoms with Crippen LogP contribution in [0.5, 0.6) is 0 Å². The zero-order valence-corrected chi connectivity index (χ0v) is 9.51. The highest BCUT2D eigenvalue weighted by molar-refractivity contribution is 9.18. The highest BCUT2D eigenvalue weighted by atomic mass is 79.9. The van der Waals surface area contributed by atoms with Crippen molar-refractivity contribution in [2.24, 2.45) is 10.6 Å². The van der Waals surface area contributed by atoms with E-state index in [0.29, 0.717) is 0 Å². The second kappa shape index (κ2) is 3.58. The van der Waals surface area contributed by atoms with Crippen LogP contribution in [0.25, 0.3) is 0 Å². The molecule has 2 unspecified atom stereocenters. The van der Waals surface area contributed by atoms with E-state index in [1.165, 1.54) is 32.4 Å². The van der Waals surface area contributed by atoms with Crippen molar-refractivity contribution in [2.75, 3.05) is 26.7 Å². The van der Waals surface area contributed by atoms with E-state index in [4.69, 9.17) is 4.84 Å². The van der Waals surface area contributed by atoms with Gasteiger partial charge in [0.1, 0.15) is 11.7 Å². The molecule has 3 nitrogen and oxygen atoms in total. The van der Waals surface area contributed by atoms with Crippen molar-refractivity contribution < 1.29 is 4.84 Å². The fraction of sp³-hybridized carbons (Fsp3) is 0.889. The largest absolute Gasteiger partial charge is 0.398 e. The highest BCUT2D eigenvalue weighted by Crippen LogP contribution is 2.42. The van der Waals surface area contributed by atoms with E-state index in [9.17, 15) is 0 Å². The van der Waals surface area contributed by atoms with Gasteiger partial charge in [-0.2, -0.15) is 0 Å². The number of oxime groups is 1. The summed E-state index contributed by atoms with van der Waals surface area (Å²) >= 11 is 3.54. The van der Waals surface area contributed by atoms with Gasteiger partial charge in [-0.05, 0) is 48.3 Å². The molecule has 0 amide bonds. The summed E-state index contributed by atoms with van der Waals surface area (Å²) in [6.07, 6.45) is 3.76. The molecule has 2 bridgehead atoms. The standard InChI is InChI=1S/C9H15BrN2O/c1-13-11-8(10)9-3-2-5-12(7-9)6-4-9/h2-7H2,1H3. The van der Waals surface area contributed by atoms with Crippen LogP contribution in [0, 0.1) is 5.41 Å². The van der Waals surface area contributed by atoms with Gasteiger partial charge in [-0.3, -0.25) is 0 Å². The summed E-state index contributed by atoms with van der Waals surface area (Å²) in [5, 5.41) is 4.02. The number of hydrogen-bond acceptors (Lipinski definition) is 3. The molecule has 74 valence electrons. The molecule has 0 radical (unpaired) electrons. The van der Waals surface area contributed by atoms with Crippen molar-refractivity contribution in [1.82, 2.24) is 4.90 Å². The molecule has 0 spiro atoms. The Balaban J connectivity index is 2.15. The molecule has 2 atom stereocenters. The Labute approximate surface area is 87.2 Å². The summed E-state index contributed by atoms with van der Waals surface area (Å²) in [5.74, 6) is 0. The van der Waals surface area contributed by atoms with Crippen LogP contribution in [-0.2, 0) is 4.84 Å². The van der Waals surface area contributed by atoms with Gasteiger partial charge in [0, 0.05) is 12.0 Å². The normalized spacial score (nSPS) is 39.2. The molecule has 2 saturated heterocycles. The minimum atomic E-state index is 0.272. The van der Waals surface area contributed by atoms with Crippen molar-refractivity contribution in [3.8, 4) is 0 Å². The maximum atomic E-state index is 4.82. The third kappa shape index (κ3) is 1.62. The van der Waals surface area contributed by atoms with E-state index in [1.807, 2.05) is 0 Å². The molecular weight excluding hydrogens is 232 g/mol. The minimum Gasteiger partial charge on any atom is -0.398 e. The topological polar surface area (TPSA) is 24.8 Å². The third-order valence-electron chi connectivity index (χ3n) is 3.17. The number of halogens is 1. The summed E-state index contributed by atoms with van der Waals surface area (Å²) in [5.41, 5.74) is 0.272. The Bertz CT molecular complexity index is 228. The van der Waals surface area contributed by atoms with E-state index in [1.54, 1.807) is 7.11 Å². The first-order chi connectivity index (χ1) is 6.27. The predicted molar refractivity (Wildman–Crippen MR) is 56.1 cm³/mol. The van der Waals surface area contributed by atoms with Gasteiger partial charge in [0.2, 0.25) is 0 Å².